The molecule has 6 heteroatoms. The molecule has 0 bridgehead atoms. The molecular formula is C17H22FN5. The van der Waals surface area contributed by atoms with Gasteiger partial charge in [0.25, 0.3) is 0 Å². The van der Waals surface area contributed by atoms with Gasteiger partial charge in [-0.05, 0) is 50.8 Å². The number of anilines is 1. The summed E-state index contributed by atoms with van der Waals surface area (Å²) in [5.74, 6) is 0.120. The second-order valence-corrected chi connectivity index (χ2v) is 6.68. The Hall–Kier alpha value is -2.24. The average molecular weight is 315 g/mol. The van der Waals surface area contributed by atoms with Crippen LogP contribution in [0.2, 0.25) is 0 Å². The Labute approximate surface area is 135 Å². The van der Waals surface area contributed by atoms with Crippen LogP contribution in [-0.2, 0) is 0 Å². The van der Waals surface area contributed by atoms with E-state index in [0.717, 1.165) is 18.7 Å². The minimum absolute atomic E-state index is 0.0334. The van der Waals surface area contributed by atoms with E-state index in [-0.39, 0.29) is 11.4 Å². The summed E-state index contributed by atoms with van der Waals surface area (Å²) in [6.07, 6.45) is 5.50. The Morgan fingerprint density at radius 3 is 2.70 bits per heavy atom. The van der Waals surface area contributed by atoms with Gasteiger partial charge in [0, 0.05) is 23.3 Å². The van der Waals surface area contributed by atoms with Crippen LogP contribution in [0.1, 0.15) is 51.2 Å². The van der Waals surface area contributed by atoms with Crippen LogP contribution in [0.5, 0.6) is 0 Å². The summed E-state index contributed by atoms with van der Waals surface area (Å²) in [6.45, 7) is 9.61. The van der Waals surface area contributed by atoms with Crippen LogP contribution in [0, 0.1) is 5.82 Å². The Morgan fingerprint density at radius 1 is 1.35 bits per heavy atom. The van der Waals surface area contributed by atoms with Gasteiger partial charge in [0.15, 0.2) is 0 Å². The van der Waals surface area contributed by atoms with Crippen molar-refractivity contribution in [1.29, 1.82) is 0 Å². The monoisotopic (exact) mass is 315 g/mol. The van der Waals surface area contributed by atoms with E-state index in [1.807, 2.05) is 6.07 Å². The van der Waals surface area contributed by atoms with Crippen LogP contribution < -0.4 is 4.90 Å². The Kier molecular flexibility index (Phi) is 3.92. The molecule has 0 fully saturated rings. The summed E-state index contributed by atoms with van der Waals surface area (Å²) < 4.78 is 16.0. The SMILES string of the molecule is CCN1c2cc(F)c(/C=N\n3cnnc3)cc2C(C)CC1(C)C. The van der Waals surface area contributed by atoms with Crippen molar-refractivity contribution in [2.45, 2.75) is 45.6 Å². The molecule has 2 heterocycles. The lowest BCUT2D eigenvalue weighted by Gasteiger charge is -2.47. The van der Waals surface area contributed by atoms with E-state index in [2.05, 4.69) is 47.9 Å². The summed E-state index contributed by atoms with van der Waals surface area (Å²) in [5, 5.41) is 11.5. The van der Waals surface area contributed by atoms with E-state index in [1.54, 1.807) is 6.07 Å². The molecule has 1 aliphatic heterocycles. The molecule has 0 radical (unpaired) electrons. The molecule has 0 amide bonds. The van der Waals surface area contributed by atoms with Gasteiger partial charge in [-0.2, -0.15) is 5.10 Å². The zero-order chi connectivity index (χ0) is 16.6. The summed E-state index contributed by atoms with van der Waals surface area (Å²) in [5.41, 5.74) is 2.69. The molecule has 5 nitrogen and oxygen atoms in total. The number of benzene rings is 1. The maximum atomic E-state index is 14.5. The fraction of sp³-hybridized carbons (Fsp3) is 0.471. The van der Waals surface area contributed by atoms with E-state index in [0.29, 0.717) is 11.5 Å². The van der Waals surface area contributed by atoms with Crippen molar-refractivity contribution in [3.8, 4) is 0 Å². The largest absolute Gasteiger partial charge is 0.366 e. The first-order valence-electron chi connectivity index (χ1n) is 7.92. The summed E-state index contributed by atoms with van der Waals surface area (Å²) >= 11 is 0. The van der Waals surface area contributed by atoms with Crippen LogP contribution in [0.4, 0.5) is 10.1 Å². The molecule has 122 valence electrons. The second kappa shape index (κ2) is 5.76. The number of fused-ring (bicyclic) bond motifs is 1. The van der Waals surface area contributed by atoms with Gasteiger partial charge in [0.2, 0.25) is 0 Å². The number of rotatable bonds is 3. The van der Waals surface area contributed by atoms with E-state index in [4.69, 9.17) is 0 Å². The molecule has 0 spiro atoms. The standard InChI is InChI=1S/C17H22FN5/c1-5-23-16-7-15(18)13(9-21-22-10-19-20-11-22)6-14(16)12(2)8-17(23,3)4/h6-7,9-12H,5,8H2,1-4H3/b21-9-. The van der Waals surface area contributed by atoms with Crippen LogP contribution >= 0.6 is 0 Å². The molecule has 0 aliphatic carbocycles. The van der Waals surface area contributed by atoms with Gasteiger partial charge in [-0.25, -0.2) is 9.07 Å². The smallest absolute Gasteiger partial charge is 0.141 e. The van der Waals surface area contributed by atoms with Crippen LogP contribution in [-0.4, -0.2) is 33.2 Å². The van der Waals surface area contributed by atoms with E-state index < -0.39 is 0 Å². The van der Waals surface area contributed by atoms with Crippen LogP contribution in [0.3, 0.4) is 0 Å². The first-order chi connectivity index (χ1) is 10.9. The lowest BCUT2D eigenvalue weighted by molar-refractivity contribution is 0.380. The average Bonchev–Trinajstić information content (AvgIpc) is 2.98. The predicted octanol–water partition coefficient (Wildman–Crippen LogP) is 3.41. The highest BCUT2D eigenvalue weighted by atomic mass is 19.1. The third kappa shape index (κ3) is 2.85. The van der Waals surface area contributed by atoms with Gasteiger partial charge in [0.1, 0.15) is 18.5 Å². The molecule has 2 aromatic rings. The van der Waals surface area contributed by atoms with Crippen molar-refractivity contribution in [1.82, 2.24) is 14.9 Å². The lowest BCUT2D eigenvalue weighted by atomic mass is 9.79. The van der Waals surface area contributed by atoms with Crippen LogP contribution in [0.15, 0.2) is 29.9 Å². The molecule has 0 N–H and O–H groups in total. The Balaban J connectivity index is 2.02. The zero-order valence-corrected chi connectivity index (χ0v) is 14.0. The topological polar surface area (TPSA) is 46.3 Å². The maximum absolute atomic E-state index is 14.5. The first kappa shape index (κ1) is 15.6. The van der Waals surface area contributed by atoms with Crippen molar-refractivity contribution in [2.24, 2.45) is 5.10 Å². The van der Waals surface area contributed by atoms with Crippen molar-refractivity contribution >= 4 is 11.9 Å². The van der Waals surface area contributed by atoms with Crippen molar-refractivity contribution in [3.05, 3.63) is 41.7 Å². The van der Waals surface area contributed by atoms with E-state index >= 15 is 0 Å². The van der Waals surface area contributed by atoms with E-state index in [9.17, 15) is 4.39 Å². The van der Waals surface area contributed by atoms with Gasteiger partial charge in [0.05, 0.1) is 6.21 Å². The summed E-state index contributed by atoms with van der Waals surface area (Å²) in [7, 11) is 0. The fourth-order valence-electron chi connectivity index (χ4n) is 3.60. The summed E-state index contributed by atoms with van der Waals surface area (Å²) in [4.78, 5) is 2.28. The van der Waals surface area contributed by atoms with Gasteiger partial charge < -0.3 is 4.90 Å². The molecule has 1 unspecified atom stereocenters. The molecule has 23 heavy (non-hydrogen) atoms. The molecule has 1 atom stereocenters. The molecule has 0 saturated heterocycles. The highest BCUT2D eigenvalue weighted by Crippen LogP contribution is 2.43. The highest BCUT2D eigenvalue weighted by molar-refractivity contribution is 5.82. The Bertz CT molecular complexity index is 721. The number of hydrogen-bond donors (Lipinski definition) is 0. The molecule has 3 rings (SSSR count). The number of hydrogen-bond acceptors (Lipinski definition) is 4. The molecule has 1 aromatic heterocycles. The van der Waals surface area contributed by atoms with E-state index in [1.165, 1.54) is 29.1 Å². The van der Waals surface area contributed by atoms with Gasteiger partial charge >= 0.3 is 0 Å². The normalized spacial score (nSPS) is 20.0. The minimum Gasteiger partial charge on any atom is -0.366 e. The first-order valence-corrected chi connectivity index (χ1v) is 7.92. The highest BCUT2D eigenvalue weighted by Gasteiger charge is 2.36. The molecule has 1 aliphatic rings. The summed E-state index contributed by atoms with van der Waals surface area (Å²) in [6, 6.07) is 3.56. The van der Waals surface area contributed by atoms with Crippen molar-refractivity contribution < 1.29 is 4.39 Å². The zero-order valence-electron chi connectivity index (χ0n) is 14.0. The molecule has 0 saturated carbocycles. The number of halogens is 1. The third-order valence-corrected chi connectivity index (χ3v) is 4.56. The maximum Gasteiger partial charge on any atom is 0.141 e. The van der Waals surface area contributed by atoms with Crippen LogP contribution in [0.25, 0.3) is 0 Å². The number of aromatic nitrogens is 3. The van der Waals surface area contributed by atoms with Crippen molar-refractivity contribution in [3.63, 3.8) is 0 Å². The lowest BCUT2D eigenvalue weighted by Crippen LogP contribution is -2.48. The van der Waals surface area contributed by atoms with Gasteiger partial charge in [-0.15, -0.1) is 10.2 Å². The molecule has 1 aromatic carbocycles. The third-order valence-electron chi connectivity index (χ3n) is 4.56. The predicted molar refractivity (Wildman–Crippen MR) is 89.5 cm³/mol. The Morgan fingerprint density at radius 2 is 2.04 bits per heavy atom. The quantitative estimate of drug-likeness (QED) is 0.815. The fourth-order valence-corrected chi connectivity index (χ4v) is 3.60. The second-order valence-electron chi connectivity index (χ2n) is 6.68. The van der Waals surface area contributed by atoms with Crippen molar-refractivity contribution in [2.75, 3.05) is 11.4 Å². The number of nitrogens with zero attached hydrogens (tertiary/aromatic N) is 5. The minimum atomic E-state index is -0.260. The molecular weight excluding hydrogens is 293 g/mol. The van der Waals surface area contributed by atoms with Gasteiger partial charge in [-0.3, -0.25) is 0 Å². The van der Waals surface area contributed by atoms with Gasteiger partial charge in [-0.1, -0.05) is 6.92 Å².